The molecule has 0 amide bonds. The number of nitrogens with zero attached hydrogens (tertiary/aromatic N) is 2. The van der Waals surface area contributed by atoms with Gasteiger partial charge in [-0.15, -0.1) is 0 Å². The molecule has 1 heterocycles. The highest BCUT2D eigenvalue weighted by molar-refractivity contribution is 5.18. The van der Waals surface area contributed by atoms with Gasteiger partial charge in [0.25, 0.3) is 0 Å². The molecule has 0 saturated carbocycles. The molecule has 0 aliphatic carbocycles. The van der Waals surface area contributed by atoms with Crippen LogP contribution in [-0.4, -0.2) is 10.1 Å². The fourth-order valence-electron chi connectivity index (χ4n) is 1.44. The summed E-state index contributed by atoms with van der Waals surface area (Å²) in [6.45, 7) is 1.99. The molecule has 2 aromatic rings. The minimum Gasteiger partial charge on any atom is -0.338 e. The summed E-state index contributed by atoms with van der Waals surface area (Å²) >= 11 is 0. The molecule has 0 aliphatic rings. The zero-order chi connectivity index (χ0) is 11.4. The molecule has 0 saturated heterocycles. The number of hydrogen-bond acceptors (Lipinski definition) is 4. The lowest BCUT2D eigenvalue weighted by Crippen LogP contribution is -2.08. The highest BCUT2D eigenvalue weighted by atomic mass is 16.5. The average molecular weight is 217 g/mol. The van der Waals surface area contributed by atoms with Crippen LogP contribution in [0, 0.1) is 0 Å². The lowest BCUT2D eigenvalue weighted by Gasteiger charge is -1.99. The topological polar surface area (TPSA) is 64.9 Å². The summed E-state index contributed by atoms with van der Waals surface area (Å²) in [5, 5.41) is 3.91. The molecule has 2 rings (SSSR count). The van der Waals surface area contributed by atoms with Crippen LogP contribution in [0.25, 0.3) is 0 Å². The standard InChI is InChI=1S/C12H15N3O/c1-2-10(13)12-14-11(15-16-12)8-9-6-4-3-5-7-9/h3-7,10H,2,8,13H2,1H3/t10-/m0/s1. The fourth-order valence-corrected chi connectivity index (χ4v) is 1.44. The molecule has 4 heteroatoms. The molecule has 0 spiro atoms. The van der Waals surface area contributed by atoms with E-state index >= 15 is 0 Å². The highest BCUT2D eigenvalue weighted by Crippen LogP contribution is 2.12. The summed E-state index contributed by atoms with van der Waals surface area (Å²) < 4.78 is 5.10. The molecule has 1 atom stereocenters. The van der Waals surface area contributed by atoms with E-state index in [1.807, 2.05) is 37.3 Å². The van der Waals surface area contributed by atoms with Gasteiger partial charge in [0.1, 0.15) is 0 Å². The monoisotopic (exact) mass is 217 g/mol. The Kier molecular flexibility index (Phi) is 3.31. The van der Waals surface area contributed by atoms with Gasteiger partial charge in [0.15, 0.2) is 5.82 Å². The summed E-state index contributed by atoms with van der Waals surface area (Å²) in [4.78, 5) is 4.27. The molecule has 84 valence electrons. The van der Waals surface area contributed by atoms with Crippen molar-refractivity contribution in [2.75, 3.05) is 0 Å². The first-order valence-electron chi connectivity index (χ1n) is 5.41. The maximum absolute atomic E-state index is 5.80. The first-order valence-corrected chi connectivity index (χ1v) is 5.41. The molecule has 4 nitrogen and oxygen atoms in total. The molecular weight excluding hydrogens is 202 g/mol. The quantitative estimate of drug-likeness (QED) is 0.851. The SMILES string of the molecule is CC[C@H](N)c1nc(Cc2ccccc2)no1. The lowest BCUT2D eigenvalue weighted by molar-refractivity contribution is 0.348. The van der Waals surface area contributed by atoms with E-state index < -0.39 is 0 Å². The maximum Gasteiger partial charge on any atom is 0.243 e. The molecule has 0 aliphatic heterocycles. The summed E-state index contributed by atoms with van der Waals surface area (Å²) in [5.41, 5.74) is 6.97. The molecule has 1 aromatic carbocycles. The van der Waals surface area contributed by atoms with E-state index in [0.29, 0.717) is 18.1 Å². The molecule has 0 fully saturated rings. The Morgan fingerprint density at radius 2 is 2.06 bits per heavy atom. The van der Waals surface area contributed by atoms with Gasteiger partial charge in [-0.2, -0.15) is 4.98 Å². The summed E-state index contributed by atoms with van der Waals surface area (Å²) in [6.07, 6.45) is 1.48. The van der Waals surface area contributed by atoms with Gasteiger partial charge in [0.05, 0.1) is 6.04 Å². The third-order valence-corrected chi connectivity index (χ3v) is 2.45. The van der Waals surface area contributed by atoms with Crippen LogP contribution in [-0.2, 0) is 6.42 Å². The minimum absolute atomic E-state index is 0.156. The maximum atomic E-state index is 5.80. The molecule has 1 aromatic heterocycles. The molecular formula is C12H15N3O. The van der Waals surface area contributed by atoms with E-state index in [9.17, 15) is 0 Å². The fraction of sp³-hybridized carbons (Fsp3) is 0.333. The predicted molar refractivity (Wildman–Crippen MR) is 60.8 cm³/mol. The molecule has 0 bridgehead atoms. The van der Waals surface area contributed by atoms with Crippen molar-refractivity contribution < 1.29 is 4.52 Å². The zero-order valence-corrected chi connectivity index (χ0v) is 9.26. The Labute approximate surface area is 94.5 Å². The Hall–Kier alpha value is -1.68. The van der Waals surface area contributed by atoms with Crippen LogP contribution in [0.2, 0.25) is 0 Å². The van der Waals surface area contributed by atoms with Crippen molar-refractivity contribution in [2.24, 2.45) is 5.73 Å². The van der Waals surface area contributed by atoms with Crippen LogP contribution in [0.3, 0.4) is 0 Å². The van der Waals surface area contributed by atoms with Gasteiger partial charge >= 0.3 is 0 Å². The van der Waals surface area contributed by atoms with Crippen molar-refractivity contribution >= 4 is 0 Å². The Morgan fingerprint density at radius 1 is 1.31 bits per heavy atom. The van der Waals surface area contributed by atoms with Crippen LogP contribution in [0.1, 0.15) is 36.7 Å². The summed E-state index contributed by atoms with van der Waals surface area (Å²) in [6, 6.07) is 9.89. The predicted octanol–water partition coefficient (Wildman–Crippen LogP) is 2.07. The van der Waals surface area contributed by atoms with Crippen molar-refractivity contribution in [1.29, 1.82) is 0 Å². The number of rotatable bonds is 4. The van der Waals surface area contributed by atoms with E-state index in [2.05, 4.69) is 10.1 Å². The summed E-state index contributed by atoms with van der Waals surface area (Å²) in [5.74, 6) is 1.21. The highest BCUT2D eigenvalue weighted by Gasteiger charge is 2.12. The van der Waals surface area contributed by atoms with Crippen molar-refractivity contribution in [3.05, 3.63) is 47.6 Å². The van der Waals surface area contributed by atoms with Crippen molar-refractivity contribution in [2.45, 2.75) is 25.8 Å². The van der Waals surface area contributed by atoms with Crippen LogP contribution in [0.5, 0.6) is 0 Å². The van der Waals surface area contributed by atoms with Crippen molar-refractivity contribution in [3.8, 4) is 0 Å². The number of nitrogens with two attached hydrogens (primary N) is 1. The second-order valence-electron chi connectivity index (χ2n) is 3.73. The third-order valence-electron chi connectivity index (χ3n) is 2.45. The van der Waals surface area contributed by atoms with Gasteiger partial charge in [-0.05, 0) is 12.0 Å². The largest absolute Gasteiger partial charge is 0.338 e. The Bertz CT molecular complexity index is 439. The Morgan fingerprint density at radius 3 is 2.75 bits per heavy atom. The van der Waals surface area contributed by atoms with E-state index in [1.54, 1.807) is 0 Å². The van der Waals surface area contributed by atoms with Crippen molar-refractivity contribution in [1.82, 2.24) is 10.1 Å². The van der Waals surface area contributed by atoms with Crippen LogP contribution < -0.4 is 5.73 Å². The zero-order valence-electron chi connectivity index (χ0n) is 9.26. The number of benzene rings is 1. The van der Waals surface area contributed by atoms with Crippen LogP contribution in [0.15, 0.2) is 34.9 Å². The van der Waals surface area contributed by atoms with E-state index in [-0.39, 0.29) is 6.04 Å². The number of aromatic nitrogens is 2. The normalized spacial score (nSPS) is 12.6. The van der Waals surface area contributed by atoms with E-state index in [4.69, 9.17) is 10.3 Å². The third kappa shape index (κ3) is 2.46. The average Bonchev–Trinajstić information content (AvgIpc) is 2.78. The van der Waals surface area contributed by atoms with Gasteiger partial charge in [0, 0.05) is 6.42 Å². The first-order chi connectivity index (χ1) is 7.79. The smallest absolute Gasteiger partial charge is 0.243 e. The van der Waals surface area contributed by atoms with Crippen LogP contribution >= 0.6 is 0 Å². The lowest BCUT2D eigenvalue weighted by atomic mass is 10.1. The molecule has 2 N–H and O–H groups in total. The number of hydrogen-bond donors (Lipinski definition) is 1. The van der Waals surface area contributed by atoms with Gasteiger partial charge in [-0.1, -0.05) is 42.4 Å². The molecule has 0 radical (unpaired) electrons. The van der Waals surface area contributed by atoms with E-state index in [1.165, 1.54) is 5.56 Å². The molecule has 16 heavy (non-hydrogen) atoms. The van der Waals surface area contributed by atoms with Gasteiger partial charge in [-0.25, -0.2) is 0 Å². The first kappa shape index (κ1) is 10.8. The Balaban J connectivity index is 2.09. The van der Waals surface area contributed by atoms with Crippen molar-refractivity contribution in [3.63, 3.8) is 0 Å². The van der Waals surface area contributed by atoms with Gasteiger partial charge < -0.3 is 10.3 Å². The summed E-state index contributed by atoms with van der Waals surface area (Å²) in [7, 11) is 0. The van der Waals surface area contributed by atoms with Gasteiger partial charge in [-0.3, -0.25) is 0 Å². The second kappa shape index (κ2) is 4.90. The molecule has 0 unspecified atom stereocenters. The van der Waals surface area contributed by atoms with Crippen LogP contribution in [0.4, 0.5) is 0 Å². The minimum atomic E-state index is -0.156. The second-order valence-corrected chi connectivity index (χ2v) is 3.73. The van der Waals surface area contributed by atoms with E-state index in [0.717, 1.165) is 6.42 Å². The van der Waals surface area contributed by atoms with Gasteiger partial charge in [0.2, 0.25) is 5.89 Å².